The number of para-hydroxylation sites is 1. The summed E-state index contributed by atoms with van der Waals surface area (Å²) in [6, 6.07) is 15.0. The fourth-order valence-corrected chi connectivity index (χ4v) is 2.81. The molecule has 0 radical (unpaired) electrons. The first-order valence-electron chi connectivity index (χ1n) is 7.15. The summed E-state index contributed by atoms with van der Waals surface area (Å²) >= 11 is 1.28. The molecule has 24 heavy (non-hydrogen) atoms. The number of hydrazine groups is 1. The van der Waals surface area contributed by atoms with Crippen LogP contribution in [0.1, 0.15) is 10.6 Å². The van der Waals surface area contributed by atoms with Gasteiger partial charge in [-0.1, -0.05) is 24.3 Å². The molecule has 0 saturated carbocycles. The molecule has 1 heterocycles. The van der Waals surface area contributed by atoms with Gasteiger partial charge < -0.3 is 13.9 Å². The maximum absolute atomic E-state index is 12.4. The molecule has 3 rings (SSSR count). The second kappa shape index (κ2) is 7.29. The van der Waals surface area contributed by atoms with Crippen LogP contribution in [0.15, 0.2) is 57.8 Å². The number of hydrogen-bond acceptors (Lipinski definition) is 6. The molecule has 0 fully saturated rings. The highest BCUT2D eigenvalue weighted by Gasteiger charge is 2.23. The monoisotopic (exact) mass is 344 g/mol. The van der Waals surface area contributed by atoms with Crippen molar-refractivity contribution in [3.05, 3.63) is 54.3 Å². The predicted octanol–water partition coefficient (Wildman–Crippen LogP) is 3.39. The number of fused-ring (bicyclic) bond motifs is 1. The molecule has 3 aromatic rings. The molecule has 2 N–H and O–H groups in total. The van der Waals surface area contributed by atoms with Crippen LogP contribution in [0.4, 0.5) is 0 Å². The van der Waals surface area contributed by atoms with Gasteiger partial charge >= 0.3 is 5.91 Å². The van der Waals surface area contributed by atoms with E-state index in [1.807, 2.05) is 42.5 Å². The van der Waals surface area contributed by atoms with Crippen molar-refractivity contribution in [2.75, 3.05) is 14.2 Å². The van der Waals surface area contributed by atoms with Crippen LogP contribution in [-0.4, -0.2) is 20.1 Å². The molecule has 1 aromatic heterocycles. The number of rotatable bonds is 6. The van der Waals surface area contributed by atoms with E-state index in [2.05, 4.69) is 10.3 Å². The minimum atomic E-state index is -0.437. The molecular formula is C17H16N2O4S. The molecule has 0 aliphatic rings. The van der Waals surface area contributed by atoms with Gasteiger partial charge in [0, 0.05) is 4.90 Å². The largest absolute Gasteiger partial charge is 0.493 e. The van der Waals surface area contributed by atoms with Gasteiger partial charge in [-0.05, 0) is 36.2 Å². The molecule has 0 spiro atoms. The zero-order chi connectivity index (χ0) is 16.9. The van der Waals surface area contributed by atoms with Gasteiger partial charge in [0.15, 0.2) is 17.1 Å². The lowest BCUT2D eigenvalue weighted by atomic mass is 10.2. The topological polar surface area (TPSA) is 72.7 Å². The minimum Gasteiger partial charge on any atom is -0.493 e. The summed E-state index contributed by atoms with van der Waals surface area (Å²) in [6.07, 6.45) is 0. The van der Waals surface area contributed by atoms with Crippen molar-refractivity contribution in [1.29, 1.82) is 0 Å². The summed E-state index contributed by atoms with van der Waals surface area (Å²) in [5, 5.41) is 0.678. The number of carbonyl (C=O) groups is 1. The zero-order valence-electron chi connectivity index (χ0n) is 13.2. The third kappa shape index (κ3) is 3.17. The van der Waals surface area contributed by atoms with Gasteiger partial charge in [0.05, 0.1) is 19.6 Å². The predicted molar refractivity (Wildman–Crippen MR) is 92.2 cm³/mol. The Bertz CT molecular complexity index is 848. The van der Waals surface area contributed by atoms with Gasteiger partial charge in [0.25, 0.3) is 0 Å². The molecule has 2 aromatic carbocycles. The smallest absolute Gasteiger partial charge is 0.305 e. The summed E-state index contributed by atoms with van der Waals surface area (Å²) in [6.45, 7) is 0. The van der Waals surface area contributed by atoms with Gasteiger partial charge in [-0.3, -0.25) is 10.2 Å². The maximum atomic E-state index is 12.4. The van der Waals surface area contributed by atoms with Gasteiger partial charge in [-0.25, -0.2) is 0 Å². The molecule has 0 aliphatic carbocycles. The number of ether oxygens (including phenoxy) is 2. The summed E-state index contributed by atoms with van der Waals surface area (Å²) in [4.78, 5) is 16.1. The average molecular weight is 344 g/mol. The van der Waals surface area contributed by atoms with Crippen molar-refractivity contribution in [3.63, 3.8) is 0 Å². The molecular weight excluding hydrogens is 328 g/mol. The Balaban J connectivity index is 1.79. The Morgan fingerprint density at radius 3 is 2.54 bits per heavy atom. The number of methoxy groups -OCH3 is 2. The summed E-state index contributed by atoms with van der Waals surface area (Å²) < 4.78 is 16.3. The second-order valence-electron chi connectivity index (χ2n) is 4.77. The first-order chi connectivity index (χ1) is 11.7. The van der Waals surface area contributed by atoms with E-state index in [4.69, 9.17) is 13.9 Å². The number of benzene rings is 2. The first-order valence-corrected chi connectivity index (χ1v) is 7.97. The average Bonchev–Trinajstić information content (AvgIpc) is 3.01. The van der Waals surface area contributed by atoms with Gasteiger partial charge in [-0.15, -0.1) is 0 Å². The molecule has 0 atom stereocenters. The Hall–Kier alpha value is -2.64. The first kappa shape index (κ1) is 16.2. The quantitative estimate of drug-likeness (QED) is 0.527. The third-order valence-electron chi connectivity index (χ3n) is 3.34. The summed E-state index contributed by atoms with van der Waals surface area (Å²) in [7, 11) is 3.04. The molecule has 1 amide bonds. The summed E-state index contributed by atoms with van der Waals surface area (Å²) in [5.41, 5.74) is 3.05. The van der Waals surface area contributed by atoms with E-state index in [9.17, 15) is 4.79 Å². The van der Waals surface area contributed by atoms with E-state index < -0.39 is 5.91 Å². The van der Waals surface area contributed by atoms with Crippen LogP contribution in [0.5, 0.6) is 11.5 Å². The molecule has 0 unspecified atom stereocenters. The van der Waals surface area contributed by atoms with E-state index in [1.165, 1.54) is 19.1 Å². The van der Waals surface area contributed by atoms with Gasteiger partial charge in [-0.2, -0.15) is 4.83 Å². The van der Waals surface area contributed by atoms with Crippen molar-refractivity contribution < 1.29 is 18.7 Å². The number of hydrogen-bond donors (Lipinski definition) is 2. The molecule has 6 nitrogen and oxygen atoms in total. The minimum absolute atomic E-state index is 0.0816. The SMILES string of the molecule is COc1c(C(=O)NNSc2ccccc2)oc2c(OC)cccc12. The lowest BCUT2D eigenvalue weighted by Crippen LogP contribution is -2.32. The fraction of sp³-hybridized carbons (Fsp3) is 0.118. The highest BCUT2D eigenvalue weighted by molar-refractivity contribution is 7.97. The van der Waals surface area contributed by atoms with E-state index in [0.717, 1.165) is 4.90 Å². The molecule has 0 bridgehead atoms. The fourth-order valence-electron chi connectivity index (χ4n) is 2.26. The molecule has 7 heteroatoms. The van der Waals surface area contributed by atoms with E-state index >= 15 is 0 Å². The Morgan fingerprint density at radius 2 is 1.83 bits per heavy atom. The van der Waals surface area contributed by atoms with Crippen molar-refractivity contribution >= 4 is 28.8 Å². The number of carbonyl (C=O) groups excluding carboxylic acids is 1. The van der Waals surface area contributed by atoms with Crippen LogP contribution in [0.3, 0.4) is 0 Å². The van der Waals surface area contributed by atoms with Crippen molar-refractivity contribution in [2.45, 2.75) is 4.90 Å². The number of furan rings is 1. The van der Waals surface area contributed by atoms with E-state index in [0.29, 0.717) is 22.5 Å². The van der Waals surface area contributed by atoms with Crippen LogP contribution in [0, 0.1) is 0 Å². The standard InChI is InChI=1S/C17H16N2O4S/c1-21-13-10-6-9-12-14(13)23-16(15(12)22-2)17(20)18-19-24-11-7-4-3-5-8-11/h3-10,19H,1-2H3,(H,18,20). The van der Waals surface area contributed by atoms with E-state index in [1.54, 1.807) is 13.2 Å². The normalized spacial score (nSPS) is 10.6. The summed E-state index contributed by atoms with van der Waals surface area (Å²) in [5.74, 6) is 0.552. The van der Waals surface area contributed by atoms with Crippen LogP contribution < -0.4 is 19.7 Å². The third-order valence-corrected chi connectivity index (χ3v) is 4.05. The van der Waals surface area contributed by atoms with Crippen molar-refractivity contribution in [3.8, 4) is 11.5 Å². The Morgan fingerprint density at radius 1 is 1.04 bits per heavy atom. The van der Waals surface area contributed by atoms with Crippen LogP contribution in [-0.2, 0) is 0 Å². The number of nitrogens with one attached hydrogen (secondary N) is 2. The second-order valence-corrected chi connectivity index (χ2v) is 5.65. The van der Waals surface area contributed by atoms with E-state index in [-0.39, 0.29) is 5.76 Å². The number of amides is 1. The highest BCUT2D eigenvalue weighted by atomic mass is 32.2. The Labute approximate surface area is 143 Å². The highest BCUT2D eigenvalue weighted by Crippen LogP contribution is 2.37. The molecule has 124 valence electrons. The molecule has 0 saturated heterocycles. The Kier molecular flexibility index (Phi) is 4.93. The lowest BCUT2D eigenvalue weighted by Gasteiger charge is -2.05. The van der Waals surface area contributed by atoms with Crippen molar-refractivity contribution in [2.24, 2.45) is 0 Å². The van der Waals surface area contributed by atoms with Gasteiger partial charge in [0.2, 0.25) is 5.76 Å². The maximum Gasteiger partial charge on any atom is 0.305 e. The van der Waals surface area contributed by atoms with Crippen LogP contribution >= 0.6 is 11.9 Å². The molecule has 0 aliphatic heterocycles. The van der Waals surface area contributed by atoms with Crippen LogP contribution in [0.2, 0.25) is 0 Å². The van der Waals surface area contributed by atoms with Crippen LogP contribution in [0.25, 0.3) is 11.0 Å². The van der Waals surface area contributed by atoms with Gasteiger partial charge in [0.1, 0.15) is 0 Å². The zero-order valence-corrected chi connectivity index (χ0v) is 14.0. The van der Waals surface area contributed by atoms with Crippen molar-refractivity contribution in [1.82, 2.24) is 10.3 Å². The lowest BCUT2D eigenvalue weighted by molar-refractivity contribution is 0.0917.